The minimum atomic E-state index is 0.142. The van der Waals surface area contributed by atoms with Gasteiger partial charge in [-0.2, -0.15) is 5.10 Å². The first kappa shape index (κ1) is 11.0. The summed E-state index contributed by atoms with van der Waals surface area (Å²) in [6, 6.07) is 2.03. The van der Waals surface area contributed by atoms with Gasteiger partial charge in [-0.15, -0.1) is 6.58 Å². The molecule has 3 heteroatoms. The summed E-state index contributed by atoms with van der Waals surface area (Å²) < 4.78 is 1.95. The Balaban J connectivity index is 2.58. The van der Waals surface area contributed by atoms with Gasteiger partial charge in [0.25, 0.3) is 0 Å². The van der Waals surface area contributed by atoms with Crippen LogP contribution < -0.4 is 5.32 Å². The number of nitrogens with zero attached hydrogens (tertiary/aromatic N) is 2. The second-order valence-corrected chi connectivity index (χ2v) is 4.40. The molecule has 1 heterocycles. The fraction of sp³-hybridized carbons (Fsp3) is 0.545. The van der Waals surface area contributed by atoms with Crippen molar-refractivity contribution in [1.82, 2.24) is 15.1 Å². The predicted molar refractivity (Wildman–Crippen MR) is 59.0 cm³/mol. The monoisotopic (exact) mass is 193 g/mol. The summed E-state index contributed by atoms with van der Waals surface area (Å²) in [5.41, 5.74) is 1.34. The van der Waals surface area contributed by atoms with Gasteiger partial charge in [-0.05, 0) is 26.8 Å². The molecule has 0 fully saturated rings. The fourth-order valence-corrected chi connectivity index (χ4v) is 1.15. The fourth-order valence-electron chi connectivity index (χ4n) is 1.15. The standard InChI is InChI=1S/C11H19N3/c1-5-8-14-10(6-7-13-14)9-12-11(2,3)4/h5-7,12H,1,8-9H2,2-4H3. The summed E-state index contributed by atoms with van der Waals surface area (Å²) in [4.78, 5) is 0. The summed E-state index contributed by atoms with van der Waals surface area (Å²) in [5, 5.41) is 7.64. The first-order valence-corrected chi connectivity index (χ1v) is 4.89. The highest BCUT2D eigenvalue weighted by molar-refractivity contribution is 5.01. The first-order valence-electron chi connectivity index (χ1n) is 4.89. The van der Waals surface area contributed by atoms with Gasteiger partial charge in [0.1, 0.15) is 0 Å². The average molecular weight is 193 g/mol. The molecule has 3 nitrogen and oxygen atoms in total. The van der Waals surface area contributed by atoms with Crippen molar-refractivity contribution < 1.29 is 0 Å². The number of hydrogen-bond acceptors (Lipinski definition) is 2. The van der Waals surface area contributed by atoms with Gasteiger partial charge in [0.05, 0.1) is 12.2 Å². The highest BCUT2D eigenvalue weighted by atomic mass is 15.3. The minimum absolute atomic E-state index is 0.142. The van der Waals surface area contributed by atoms with Crippen LogP contribution in [0.15, 0.2) is 24.9 Å². The molecule has 0 aromatic carbocycles. The molecule has 78 valence electrons. The lowest BCUT2D eigenvalue weighted by Gasteiger charge is -2.20. The van der Waals surface area contributed by atoms with Gasteiger partial charge in [-0.1, -0.05) is 6.08 Å². The normalized spacial score (nSPS) is 11.6. The quantitative estimate of drug-likeness (QED) is 0.741. The summed E-state index contributed by atoms with van der Waals surface area (Å²) >= 11 is 0. The zero-order valence-corrected chi connectivity index (χ0v) is 9.25. The van der Waals surface area contributed by atoms with Crippen LogP contribution in [0.4, 0.5) is 0 Å². The third-order valence-corrected chi connectivity index (χ3v) is 1.91. The Labute approximate surface area is 85.8 Å². The molecule has 0 spiro atoms. The topological polar surface area (TPSA) is 29.9 Å². The van der Waals surface area contributed by atoms with Crippen molar-refractivity contribution in [3.8, 4) is 0 Å². The van der Waals surface area contributed by atoms with Crippen molar-refractivity contribution in [2.45, 2.75) is 39.4 Å². The van der Waals surface area contributed by atoms with Gasteiger partial charge in [-0.25, -0.2) is 0 Å². The van der Waals surface area contributed by atoms with Crippen LogP contribution >= 0.6 is 0 Å². The van der Waals surface area contributed by atoms with E-state index < -0.39 is 0 Å². The van der Waals surface area contributed by atoms with E-state index in [2.05, 4.69) is 37.8 Å². The summed E-state index contributed by atoms with van der Waals surface area (Å²) in [5.74, 6) is 0. The number of rotatable bonds is 4. The van der Waals surface area contributed by atoms with E-state index in [1.54, 1.807) is 0 Å². The zero-order valence-electron chi connectivity index (χ0n) is 9.25. The van der Waals surface area contributed by atoms with E-state index in [1.807, 2.05) is 23.0 Å². The first-order chi connectivity index (χ1) is 6.53. The molecule has 0 aliphatic rings. The van der Waals surface area contributed by atoms with Crippen LogP contribution in [-0.2, 0) is 13.1 Å². The lowest BCUT2D eigenvalue weighted by Crippen LogP contribution is -2.35. The van der Waals surface area contributed by atoms with Crippen LogP contribution in [0.5, 0.6) is 0 Å². The zero-order chi connectivity index (χ0) is 10.6. The number of hydrogen-bond donors (Lipinski definition) is 1. The molecule has 0 aliphatic heterocycles. The van der Waals surface area contributed by atoms with Gasteiger partial charge < -0.3 is 5.32 Å². The van der Waals surface area contributed by atoms with Crippen LogP contribution in [0.25, 0.3) is 0 Å². The second kappa shape index (κ2) is 4.42. The van der Waals surface area contributed by atoms with Crippen LogP contribution in [0.3, 0.4) is 0 Å². The Kier molecular flexibility index (Phi) is 3.47. The Morgan fingerprint density at radius 1 is 1.57 bits per heavy atom. The average Bonchev–Trinajstić information content (AvgIpc) is 2.48. The Hall–Kier alpha value is -1.09. The number of nitrogens with one attached hydrogen (secondary N) is 1. The van der Waals surface area contributed by atoms with E-state index in [1.165, 1.54) is 5.69 Å². The largest absolute Gasteiger partial charge is 0.306 e. The van der Waals surface area contributed by atoms with Gasteiger partial charge in [0.15, 0.2) is 0 Å². The van der Waals surface area contributed by atoms with Crippen LogP contribution in [0, 0.1) is 0 Å². The van der Waals surface area contributed by atoms with E-state index in [0.29, 0.717) is 0 Å². The summed E-state index contributed by atoms with van der Waals surface area (Å²) in [6.45, 7) is 11.8. The van der Waals surface area contributed by atoms with Crippen molar-refractivity contribution >= 4 is 0 Å². The van der Waals surface area contributed by atoms with Crippen molar-refractivity contribution in [2.24, 2.45) is 0 Å². The van der Waals surface area contributed by atoms with Crippen molar-refractivity contribution in [3.63, 3.8) is 0 Å². The molecule has 0 amide bonds. The lowest BCUT2D eigenvalue weighted by molar-refractivity contribution is 0.414. The van der Waals surface area contributed by atoms with E-state index in [0.717, 1.165) is 13.1 Å². The molecule has 0 unspecified atom stereocenters. The Morgan fingerprint density at radius 3 is 2.86 bits per heavy atom. The van der Waals surface area contributed by atoms with Crippen LogP contribution in [0.1, 0.15) is 26.5 Å². The molecule has 1 aromatic rings. The Morgan fingerprint density at radius 2 is 2.29 bits per heavy atom. The molecule has 1 N–H and O–H groups in total. The van der Waals surface area contributed by atoms with Gasteiger partial charge >= 0.3 is 0 Å². The molecular weight excluding hydrogens is 174 g/mol. The van der Waals surface area contributed by atoms with Gasteiger partial charge in [0, 0.05) is 18.3 Å². The second-order valence-electron chi connectivity index (χ2n) is 4.40. The molecule has 0 aliphatic carbocycles. The molecule has 1 rings (SSSR count). The molecule has 14 heavy (non-hydrogen) atoms. The maximum atomic E-state index is 4.21. The maximum absolute atomic E-state index is 4.21. The molecule has 0 bridgehead atoms. The predicted octanol–water partition coefficient (Wildman–Crippen LogP) is 1.96. The maximum Gasteiger partial charge on any atom is 0.0591 e. The molecule has 1 aromatic heterocycles. The molecule has 0 saturated carbocycles. The SMILES string of the molecule is C=CCn1nccc1CNC(C)(C)C. The van der Waals surface area contributed by atoms with Crippen molar-refractivity contribution in [3.05, 3.63) is 30.6 Å². The third kappa shape index (κ3) is 3.34. The minimum Gasteiger partial charge on any atom is -0.306 e. The third-order valence-electron chi connectivity index (χ3n) is 1.91. The van der Waals surface area contributed by atoms with E-state index in [9.17, 15) is 0 Å². The highest BCUT2D eigenvalue weighted by Crippen LogP contribution is 2.04. The lowest BCUT2D eigenvalue weighted by atomic mass is 10.1. The summed E-state index contributed by atoms with van der Waals surface area (Å²) in [7, 11) is 0. The molecular formula is C11H19N3. The number of allylic oxidation sites excluding steroid dienone is 1. The molecule has 0 atom stereocenters. The highest BCUT2D eigenvalue weighted by Gasteiger charge is 2.09. The number of aromatic nitrogens is 2. The van der Waals surface area contributed by atoms with E-state index in [-0.39, 0.29) is 5.54 Å². The van der Waals surface area contributed by atoms with Gasteiger partial charge in [-0.3, -0.25) is 4.68 Å². The van der Waals surface area contributed by atoms with Crippen molar-refractivity contribution in [1.29, 1.82) is 0 Å². The van der Waals surface area contributed by atoms with E-state index >= 15 is 0 Å². The molecule has 0 saturated heterocycles. The Bertz CT molecular complexity index is 294. The van der Waals surface area contributed by atoms with Crippen LogP contribution in [0.2, 0.25) is 0 Å². The summed E-state index contributed by atoms with van der Waals surface area (Å²) in [6.07, 6.45) is 3.68. The smallest absolute Gasteiger partial charge is 0.0591 e. The van der Waals surface area contributed by atoms with Crippen LogP contribution in [-0.4, -0.2) is 15.3 Å². The molecule has 0 radical (unpaired) electrons. The van der Waals surface area contributed by atoms with Crippen molar-refractivity contribution in [2.75, 3.05) is 0 Å². The van der Waals surface area contributed by atoms with E-state index in [4.69, 9.17) is 0 Å². The van der Waals surface area contributed by atoms with Gasteiger partial charge in [0.2, 0.25) is 0 Å².